The molecule has 2 N–H and O–H groups in total. The number of ether oxygens (including phenoxy) is 1. The predicted octanol–water partition coefficient (Wildman–Crippen LogP) is 10.4. The first-order valence-electron chi connectivity index (χ1n) is 18.1. The van der Waals surface area contributed by atoms with Crippen LogP contribution in [0.3, 0.4) is 0 Å². The molecule has 0 spiro atoms. The Balaban J connectivity index is 1.02. The number of nitrogens with one attached hydrogen (secondary N) is 2. The second-order valence-electron chi connectivity index (χ2n) is 13.6. The Morgan fingerprint density at radius 2 is 1.00 bits per heavy atom. The lowest BCUT2D eigenvalue weighted by atomic mass is 9.78. The summed E-state index contributed by atoms with van der Waals surface area (Å²) in [6.07, 6.45) is 3.00. The molecule has 0 radical (unpaired) electrons. The van der Waals surface area contributed by atoms with Crippen molar-refractivity contribution < 1.29 is 4.74 Å². The van der Waals surface area contributed by atoms with Crippen LogP contribution in [0.15, 0.2) is 181 Å². The summed E-state index contributed by atoms with van der Waals surface area (Å²) in [7, 11) is 0. The molecular formula is C47H35N5O. The van der Waals surface area contributed by atoms with Crippen LogP contribution < -0.4 is 10.6 Å². The molecule has 0 saturated carbocycles. The average molecular weight is 686 g/mol. The Labute approximate surface area is 308 Å². The summed E-state index contributed by atoms with van der Waals surface area (Å²) >= 11 is 0. The summed E-state index contributed by atoms with van der Waals surface area (Å²) in [5.41, 5.74) is 13.4. The Kier molecular flexibility index (Phi) is 7.73. The second kappa shape index (κ2) is 13.2. The molecule has 6 heteroatoms. The summed E-state index contributed by atoms with van der Waals surface area (Å²) in [4.78, 5) is 14.7. The van der Waals surface area contributed by atoms with Gasteiger partial charge in [-0.05, 0) is 34.8 Å². The molecule has 53 heavy (non-hydrogen) atoms. The van der Waals surface area contributed by atoms with Crippen LogP contribution in [0.1, 0.15) is 35.4 Å². The lowest BCUT2D eigenvalue weighted by molar-refractivity contribution is 0.0456. The zero-order chi connectivity index (χ0) is 35.1. The van der Waals surface area contributed by atoms with Crippen molar-refractivity contribution in [3.8, 4) is 45.3 Å². The van der Waals surface area contributed by atoms with Crippen LogP contribution in [0.5, 0.6) is 0 Å². The topological polar surface area (TPSA) is 72.0 Å². The van der Waals surface area contributed by atoms with Crippen LogP contribution in [-0.2, 0) is 4.74 Å². The molecular weight excluding hydrogens is 651 g/mol. The van der Waals surface area contributed by atoms with E-state index in [1.54, 1.807) is 0 Å². The van der Waals surface area contributed by atoms with Gasteiger partial charge < -0.3 is 15.4 Å². The van der Waals surface area contributed by atoms with E-state index in [2.05, 4.69) is 114 Å². The van der Waals surface area contributed by atoms with Crippen molar-refractivity contribution in [3.63, 3.8) is 0 Å². The number of fused-ring (bicyclic) bond motifs is 4. The van der Waals surface area contributed by atoms with Gasteiger partial charge in [0.2, 0.25) is 0 Å². The fourth-order valence-corrected chi connectivity index (χ4v) is 7.70. The molecule has 6 nitrogen and oxygen atoms in total. The van der Waals surface area contributed by atoms with Crippen LogP contribution in [-0.4, -0.2) is 21.1 Å². The van der Waals surface area contributed by atoms with E-state index in [-0.39, 0.29) is 18.4 Å². The maximum absolute atomic E-state index is 6.61. The van der Waals surface area contributed by atoms with E-state index in [1.807, 2.05) is 66.7 Å². The average Bonchev–Trinajstić information content (AvgIpc) is 3.69. The van der Waals surface area contributed by atoms with Gasteiger partial charge in [0, 0.05) is 39.1 Å². The van der Waals surface area contributed by atoms with Crippen molar-refractivity contribution in [2.24, 2.45) is 0 Å². The third kappa shape index (κ3) is 5.79. The first kappa shape index (κ1) is 31.1. The highest BCUT2D eigenvalue weighted by Crippen LogP contribution is 2.50. The Bertz CT molecular complexity index is 2440. The van der Waals surface area contributed by atoms with E-state index >= 15 is 0 Å². The number of nitrogens with zero attached hydrogens (tertiary/aromatic N) is 3. The molecule has 3 aliphatic rings. The Morgan fingerprint density at radius 1 is 0.491 bits per heavy atom. The summed E-state index contributed by atoms with van der Waals surface area (Å²) in [5.74, 6) is 1.94. The fraction of sp³-hybridized carbons (Fsp3) is 0.0851. The second-order valence-corrected chi connectivity index (χ2v) is 13.6. The van der Waals surface area contributed by atoms with E-state index in [0.717, 1.165) is 45.5 Å². The zero-order valence-electron chi connectivity index (χ0n) is 28.9. The number of aromatic nitrogens is 3. The summed E-state index contributed by atoms with van der Waals surface area (Å²) < 4.78 is 6.61. The quantitative estimate of drug-likeness (QED) is 0.182. The maximum Gasteiger partial charge on any atom is 0.164 e. The standard InChI is InChI=1S/C47H35N5O/c1-5-13-31(14-6-1)42-38-27-28-40-43(49-47(53-40)35-19-11-4-12-20-35)41(38)37-26-25-36(29-39(37)48-42)30-21-23-34(24-22-30)46-51-44(32-15-7-2-8-16-32)50-45(52-46)33-17-9-3-10-18-33/h1-27,29,40,42,47-49H,28H2. The molecule has 3 heterocycles. The molecule has 1 aromatic heterocycles. The zero-order valence-corrected chi connectivity index (χ0v) is 28.9. The number of benzene rings is 6. The molecule has 7 aromatic rings. The third-order valence-corrected chi connectivity index (χ3v) is 10.3. The van der Waals surface area contributed by atoms with Crippen LogP contribution in [0.4, 0.5) is 5.69 Å². The molecule has 3 unspecified atom stereocenters. The van der Waals surface area contributed by atoms with Crippen molar-refractivity contribution >= 4 is 11.3 Å². The van der Waals surface area contributed by atoms with Gasteiger partial charge >= 0.3 is 0 Å². The van der Waals surface area contributed by atoms with E-state index < -0.39 is 0 Å². The highest BCUT2D eigenvalue weighted by atomic mass is 16.5. The number of anilines is 1. The molecule has 2 aliphatic heterocycles. The Morgan fingerprint density at radius 3 is 1.60 bits per heavy atom. The highest BCUT2D eigenvalue weighted by Gasteiger charge is 2.40. The molecule has 0 bridgehead atoms. The van der Waals surface area contributed by atoms with Crippen molar-refractivity contribution in [1.29, 1.82) is 0 Å². The molecule has 1 saturated heterocycles. The Hall–Kier alpha value is -6.63. The van der Waals surface area contributed by atoms with Crippen LogP contribution in [0.2, 0.25) is 0 Å². The SMILES string of the molecule is C1=C2C(=C3NC(c4ccccc4)OC3C1)c1ccc(-c3ccc(-c4nc(-c5ccccc5)nc(-c5ccccc5)n4)cc3)cc1NC2c1ccccc1. The first-order chi connectivity index (χ1) is 26.2. The van der Waals surface area contributed by atoms with Crippen LogP contribution in [0, 0.1) is 0 Å². The molecule has 1 aliphatic carbocycles. The minimum absolute atomic E-state index is 0.0174. The van der Waals surface area contributed by atoms with Crippen molar-refractivity contribution in [2.75, 3.05) is 5.32 Å². The third-order valence-electron chi connectivity index (χ3n) is 10.3. The maximum atomic E-state index is 6.61. The van der Waals surface area contributed by atoms with Crippen LogP contribution in [0.25, 0.3) is 50.9 Å². The lowest BCUT2D eigenvalue weighted by Crippen LogP contribution is -2.27. The highest BCUT2D eigenvalue weighted by molar-refractivity contribution is 5.95. The number of hydrogen-bond acceptors (Lipinski definition) is 6. The normalized spacial score (nSPS) is 18.6. The summed E-state index contributed by atoms with van der Waals surface area (Å²) in [6.45, 7) is 0. The number of rotatable bonds is 6. The fourth-order valence-electron chi connectivity index (χ4n) is 7.70. The molecule has 254 valence electrons. The van der Waals surface area contributed by atoms with E-state index in [0.29, 0.717) is 17.5 Å². The molecule has 0 amide bonds. The van der Waals surface area contributed by atoms with Crippen molar-refractivity contribution in [2.45, 2.75) is 24.8 Å². The van der Waals surface area contributed by atoms with Gasteiger partial charge in [-0.2, -0.15) is 0 Å². The monoisotopic (exact) mass is 685 g/mol. The summed E-state index contributed by atoms with van der Waals surface area (Å²) in [5, 5.41) is 7.72. The molecule has 1 fully saturated rings. The van der Waals surface area contributed by atoms with Crippen molar-refractivity contribution in [1.82, 2.24) is 20.3 Å². The van der Waals surface area contributed by atoms with E-state index in [9.17, 15) is 0 Å². The van der Waals surface area contributed by atoms with Gasteiger partial charge in [-0.25, -0.2) is 15.0 Å². The molecule has 3 atom stereocenters. The predicted molar refractivity (Wildman–Crippen MR) is 211 cm³/mol. The largest absolute Gasteiger partial charge is 0.374 e. The lowest BCUT2D eigenvalue weighted by Gasteiger charge is -2.36. The van der Waals surface area contributed by atoms with Gasteiger partial charge in [0.25, 0.3) is 0 Å². The molecule has 10 rings (SSSR count). The van der Waals surface area contributed by atoms with Crippen LogP contribution >= 0.6 is 0 Å². The first-order valence-corrected chi connectivity index (χ1v) is 18.1. The summed E-state index contributed by atoms with van der Waals surface area (Å²) in [6, 6.07) is 56.6. The smallest absolute Gasteiger partial charge is 0.164 e. The van der Waals surface area contributed by atoms with Gasteiger partial charge in [-0.3, -0.25) is 0 Å². The minimum Gasteiger partial charge on any atom is -0.374 e. The van der Waals surface area contributed by atoms with E-state index in [4.69, 9.17) is 19.7 Å². The van der Waals surface area contributed by atoms with Gasteiger partial charge in [0.05, 0.1) is 11.7 Å². The van der Waals surface area contributed by atoms with Gasteiger partial charge in [-0.15, -0.1) is 0 Å². The van der Waals surface area contributed by atoms with Crippen molar-refractivity contribution in [3.05, 3.63) is 198 Å². The van der Waals surface area contributed by atoms with Gasteiger partial charge in [0.1, 0.15) is 6.10 Å². The minimum atomic E-state index is -0.181. The van der Waals surface area contributed by atoms with E-state index in [1.165, 1.54) is 28.0 Å². The molecule has 6 aromatic carbocycles. The number of hydrogen-bond donors (Lipinski definition) is 2. The van der Waals surface area contributed by atoms with Gasteiger partial charge in [-0.1, -0.05) is 164 Å². The van der Waals surface area contributed by atoms with Gasteiger partial charge in [0.15, 0.2) is 23.7 Å².